The number of methoxy groups -OCH3 is 1. The topological polar surface area (TPSA) is 68.6 Å². The van der Waals surface area contributed by atoms with Crippen molar-refractivity contribution in [3.8, 4) is 6.07 Å². The fourth-order valence-corrected chi connectivity index (χ4v) is 5.12. The van der Waals surface area contributed by atoms with Gasteiger partial charge in [0.15, 0.2) is 0 Å². The van der Waals surface area contributed by atoms with Crippen LogP contribution in [0.2, 0.25) is 0 Å². The van der Waals surface area contributed by atoms with E-state index in [4.69, 9.17) is 10.00 Å². The largest absolute Gasteiger partial charge is 0.501 e. The number of nitriles is 1. The van der Waals surface area contributed by atoms with Gasteiger partial charge in [-0.15, -0.1) is 0 Å². The number of carbonyl (C=O) groups excluding carboxylic acids is 1. The van der Waals surface area contributed by atoms with Crippen LogP contribution in [0, 0.1) is 23.2 Å². The Morgan fingerprint density at radius 3 is 2.53 bits per heavy atom. The molecule has 3 rings (SSSR count). The van der Waals surface area contributed by atoms with Crippen LogP contribution in [0.15, 0.2) is 23.6 Å². The second kappa shape index (κ2) is 12.5. The maximum Gasteiger partial charge on any atom is 0.395 e. The molecule has 0 aromatic rings. The van der Waals surface area contributed by atoms with E-state index in [1.165, 1.54) is 13.2 Å². The Hall–Kier alpha value is -2.21. The summed E-state index contributed by atoms with van der Waals surface area (Å²) >= 11 is 0. The Morgan fingerprint density at radius 1 is 1.21 bits per heavy atom. The van der Waals surface area contributed by atoms with Crippen molar-refractivity contribution in [2.45, 2.75) is 70.0 Å². The van der Waals surface area contributed by atoms with Crippen molar-refractivity contribution in [1.29, 1.82) is 5.26 Å². The van der Waals surface area contributed by atoms with E-state index in [1.54, 1.807) is 6.08 Å². The van der Waals surface area contributed by atoms with Crippen LogP contribution in [-0.2, 0) is 9.53 Å². The molecule has 190 valence electrons. The van der Waals surface area contributed by atoms with E-state index in [-0.39, 0.29) is 18.4 Å². The van der Waals surface area contributed by atoms with Crippen LogP contribution in [-0.4, -0.2) is 67.8 Å². The van der Waals surface area contributed by atoms with E-state index in [9.17, 15) is 18.0 Å². The number of rotatable bonds is 9. The predicted molar refractivity (Wildman–Crippen MR) is 123 cm³/mol. The molecule has 2 fully saturated rings. The highest BCUT2D eigenvalue weighted by atomic mass is 19.4. The number of piperazine rings is 1. The molecular formula is C25H37F3N4O2. The number of hydrogen-bond acceptors (Lipinski definition) is 5. The van der Waals surface area contributed by atoms with Crippen LogP contribution >= 0.6 is 0 Å². The Morgan fingerprint density at radius 2 is 1.91 bits per heavy atom. The first-order valence-electron chi connectivity index (χ1n) is 12.4. The van der Waals surface area contributed by atoms with E-state index in [0.717, 1.165) is 51.7 Å². The summed E-state index contributed by atoms with van der Waals surface area (Å²) in [6.45, 7) is 4.13. The number of amides is 1. The first kappa shape index (κ1) is 26.4. The van der Waals surface area contributed by atoms with Gasteiger partial charge in [-0.1, -0.05) is 0 Å². The van der Waals surface area contributed by atoms with E-state index < -0.39 is 12.1 Å². The van der Waals surface area contributed by atoms with Crippen LogP contribution in [0.1, 0.15) is 57.8 Å². The molecular weight excluding hydrogens is 445 g/mol. The highest BCUT2D eigenvalue weighted by Gasteiger charge is 2.41. The maximum absolute atomic E-state index is 13.3. The van der Waals surface area contributed by atoms with Gasteiger partial charge >= 0.3 is 6.18 Å². The zero-order valence-electron chi connectivity index (χ0n) is 20.1. The van der Waals surface area contributed by atoms with Gasteiger partial charge in [0.2, 0.25) is 5.91 Å². The van der Waals surface area contributed by atoms with Gasteiger partial charge < -0.3 is 15.0 Å². The lowest BCUT2D eigenvalue weighted by Crippen LogP contribution is -2.46. The van der Waals surface area contributed by atoms with Crippen molar-refractivity contribution in [2.24, 2.45) is 11.8 Å². The van der Waals surface area contributed by atoms with Gasteiger partial charge in [-0.25, -0.2) is 0 Å². The summed E-state index contributed by atoms with van der Waals surface area (Å²) in [5.41, 5.74) is 0.623. The molecule has 0 radical (unpaired) electrons. The second-order valence-corrected chi connectivity index (χ2v) is 9.67. The molecule has 6 nitrogen and oxygen atoms in total. The summed E-state index contributed by atoms with van der Waals surface area (Å²) in [6.07, 6.45) is 5.53. The van der Waals surface area contributed by atoms with Gasteiger partial charge in [0.25, 0.3) is 0 Å². The molecule has 1 N–H and O–H groups in total. The summed E-state index contributed by atoms with van der Waals surface area (Å²) in [6, 6.07) is 2.32. The van der Waals surface area contributed by atoms with Crippen LogP contribution in [0.5, 0.6) is 0 Å². The summed E-state index contributed by atoms with van der Waals surface area (Å²) in [5, 5.41) is 11.7. The lowest BCUT2D eigenvalue weighted by Gasteiger charge is -2.39. The van der Waals surface area contributed by atoms with Crippen LogP contribution in [0.3, 0.4) is 0 Å². The Labute approximate surface area is 200 Å². The number of ether oxygens (including phenoxy) is 1. The van der Waals surface area contributed by atoms with Crippen molar-refractivity contribution in [1.82, 2.24) is 15.1 Å². The number of allylic oxidation sites excluding steroid dienone is 3. The van der Waals surface area contributed by atoms with Gasteiger partial charge in [0.1, 0.15) is 0 Å². The zero-order chi connectivity index (χ0) is 24.6. The zero-order valence-corrected chi connectivity index (χ0v) is 20.1. The van der Waals surface area contributed by atoms with Crippen molar-refractivity contribution in [3.63, 3.8) is 0 Å². The molecule has 34 heavy (non-hydrogen) atoms. The monoisotopic (exact) mass is 482 g/mol. The molecule has 1 unspecified atom stereocenters. The Kier molecular flexibility index (Phi) is 9.69. The standard InChI is InChI=1S/C25H37F3N4O2/c1-34-23-17-20(25(26,27)28)16-22(18-23)32-14-12-31(13-15-32)11-9-19-5-7-21(8-6-19)30-24(33)4-2-3-10-29/h16,18-21H,2-9,11-15,17H2,1H3,(H,30,33)/t19-,20?,21-. The average Bonchev–Trinajstić information content (AvgIpc) is 2.83. The number of unbranched alkanes of at least 4 members (excludes halogenated alkanes) is 1. The third kappa shape index (κ3) is 7.93. The van der Waals surface area contributed by atoms with Crippen molar-refractivity contribution >= 4 is 5.91 Å². The first-order chi connectivity index (χ1) is 16.3. The number of alkyl halides is 3. The molecule has 1 amide bonds. The second-order valence-electron chi connectivity index (χ2n) is 9.67. The molecule has 0 bridgehead atoms. The molecule has 1 atom stereocenters. The van der Waals surface area contributed by atoms with Crippen LogP contribution in [0.4, 0.5) is 13.2 Å². The van der Waals surface area contributed by atoms with Crippen LogP contribution < -0.4 is 5.32 Å². The molecule has 3 aliphatic rings. The summed E-state index contributed by atoms with van der Waals surface area (Å²) in [5.74, 6) is -0.390. The normalized spacial score (nSPS) is 26.3. The highest BCUT2D eigenvalue weighted by Crippen LogP contribution is 2.37. The van der Waals surface area contributed by atoms with E-state index in [1.807, 2.05) is 4.90 Å². The molecule has 1 aliphatic heterocycles. The smallest absolute Gasteiger partial charge is 0.395 e. The molecule has 0 spiro atoms. The third-order valence-electron chi connectivity index (χ3n) is 7.28. The van der Waals surface area contributed by atoms with E-state index in [2.05, 4.69) is 16.3 Å². The molecule has 1 heterocycles. The fraction of sp³-hybridized carbons (Fsp3) is 0.760. The molecule has 2 aliphatic carbocycles. The molecule has 0 aromatic carbocycles. The maximum atomic E-state index is 13.3. The molecule has 0 aromatic heterocycles. The number of nitrogens with zero attached hydrogens (tertiary/aromatic N) is 3. The minimum Gasteiger partial charge on any atom is -0.501 e. The average molecular weight is 483 g/mol. The molecule has 1 saturated heterocycles. The highest BCUT2D eigenvalue weighted by molar-refractivity contribution is 5.76. The van der Waals surface area contributed by atoms with Gasteiger partial charge in [-0.3, -0.25) is 9.69 Å². The lowest BCUT2D eigenvalue weighted by atomic mass is 9.84. The summed E-state index contributed by atoms with van der Waals surface area (Å²) < 4.78 is 45.0. The third-order valence-corrected chi connectivity index (χ3v) is 7.28. The predicted octanol–water partition coefficient (Wildman–Crippen LogP) is 4.36. The van der Waals surface area contributed by atoms with Gasteiger partial charge in [0, 0.05) is 57.2 Å². The van der Waals surface area contributed by atoms with Crippen molar-refractivity contribution in [2.75, 3.05) is 39.8 Å². The number of halogens is 3. The summed E-state index contributed by atoms with van der Waals surface area (Å²) in [7, 11) is 1.43. The summed E-state index contributed by atoms with van der Waals surface area (Å²) in [4.78, 5) is 16.4. The molecule has 9 heteroatoms. The Bertz CT molecular complexity index is 774. The minimum absolute atomic E-state index is 0.0543. The van der Waals surface area contributed by atoms with E-state index in [0.29, 0.717) is 49.7 Å². The van der Waals surface area contributed by atoms with Crippen molar-refractivity contribution < 1.29 is 22.7 Å². The van der Waals surface area contributed by atoms with Crippen molar-refractivity contribution in [3.05, 3.63) is 23.6 Å². The fourth-order valence-electron chi connectivity index (χ4n) is 5.12. The Balaban J connectivity index is 1.36. The number of nitrogens with one attached hydrogen (secondary N) is 1. The number of hydrogen-bond donors (Lipinski definition) is 1. The quantitative estimate of drug-likeness (QED) is 0.495. The van der Waals surface area contributed by atoms with Crippen LogP contribution in [0.25, 0.3) is 0 Å². The first-order valence-corrected chi connectivity index (χ1v) is 12.4. The van der Waals surface area contributed by atoms with E-state index >= 15 is 0 Å². The van der Waals surface area contributed by atoms with Gasteiger partial charge in [-0.2, -0.15) is 18.4 Å². The van der Waals surface area contributed by atoms with Gasteiger partial charge in [0.05, 0.1) is 24.9 Å². The minimum atomic E-state index is -4.26. The SMILES string of the molecule is COC1=CC(N2CCN(CC[C@H]3CC[C@H](NC(=O)CCCC#N)CC3)CC2)=CC(C(F)(F)F)C1. The number of carbonyl (C=O) groups is 1. The van der Waals surface area contributed by atoms with Gasteiger partial charge in [-0.05, 0) is 63.1 Å². The molecule has 1 saturated carbocycles. The lowest BCUT2D eigenvalue weighted by molar-refractivity contribution is -0.163.